The van der Waals surface area contributed by atoms with Crippen molar-refractivity contribution in [2.45, 2.75) is 19.4 Å². The Kier molecular flexibility index (Phi) is 4.74. The van der Waals surface area contributed by atoms with E-state index in [0.717, 1.165) is 37.7 Å². The molecule has 0 unspecified atom stereocenters. The second kappa shape index (κ2) is 6.53. The number of piperidine rings is 1. The summed E-state index contributed by atoms with van der Waals surface area (Å²) in [5.41, 5.74) is 2.02. The monoisotopic (exact) mass is 244 g/mol. The molecule has 0 bridgehead atoms. The molecule has 0 amide bonds. The van der Waals surface area contributed by atoms with Gasteiger partial charge < -0.3 is 4.74 Å². The molecule has 2 rings (SSSR count). The molecule has 0 radical (unpaired) electrons. The fourth-order valence-electron chi connectivity index (χ4n) is 2.49. The van der Waals surface area contributed by atoms with E-state index in [4.69, 9.17) is 10.00 Å². The Labute approximate surface area is 109 Å². The molecule has 3 nitrogen and oxygen atoms in total. The normalized spacial score (nSPS) is 17.6. The van der Waals surface area contributed by atoms with Crippen LogP contribution in [0.25, 0.3) is 0 Å². The molecule has 0 aromatic heterocycles. The van der Waals surface area contributed by atoms with Crippen LogP contribution in [0.15, 0.2) is 24.3 Å². The highest BCUT2D eigenvalue weighted by Gasteiger charge is 2.18. The van der Waals surface area contributed by atoms with Crippen LogP contribution in [0.2, 0.25) is 0 Å². The number of hydrogen-bond acceptors (Lipinski definition) is 3. The van der Waals surface area contributed by atoms with Crippen LogP contribution in [0.3, 0.4) is 0 Å². The topological polar surface area (TPSA) is 36.3 Å². The van der Waals surface area contributed by atoms with Crippen molar-refractivity contribution in [3.8, 4) is 6.07 Å². The molecule has 1 saturated heterocycles. The van der Waals surface area contributed by atoms with E-state index >= 15 is 0 Å². The largest absolute Gasteiger partial charge is 0.384 e. The van der Waals surface area contributed by atoms with Crippen molar-refractivity contribution in [2.24, 2.45) is 5.92 Å². The SMILES string of the molecule is COCC1CCN(Cc2ccc(C#N)cc2)CC1. The summed E-state index contributed by atoms with van der Waals surface area (Å²) in [5.74, 6) is 0.729. The van der Waals surface area contributed by atoms with Crippen LogP contribution in [0, 0.1) is 17.2 Å². The highest BCUT2D eigenvalue weighted by Crippen LogP contribution is 2.19. The molecule has 1 heterocycles. The minimum Gasteiger partial charge on any atom is -0.384 e. The van der Waals surface area contributed by atoms with Crippen molar-refractivity contribution in [1.29, 1.82) is 5.26 Å². The van der Waals surface area contributed by atoms with Gasteiger partial charge in [0.05, 0.1) is 11.6 Å². The van der Waals surface area contributed by atoms with Gasteiger partial charge in [0.2, 0.25) is 0 Å². The molecule has 1 aromatic carbocycles. The van der Waals surface area contributed by atoms with Gasteiger partial charge in [-0.05, 0) is 49.5 Å². The zero-order valence-corrected chi connectivity index (χ0v) is 10.9. The van der Waals surface area contributed by atoms with Crippen molar-refractivity contribution in [1.82, 2.24) is 4.90 Å². The maximum Gasteiger partial charge on any atom is 0.0991 e. The molecule has 1 fully saturated rings. The van der Waals surface area contributed by atoms with E-state index in [2.05, 4.69) is 23.1 Å². The Morgan fingerprint density at radius 3 is 2.50 bits per heavy atom. The van der Waals surface area contributed by atoms with Crippen LogP contribution < -0.4 is 0 Å². The first-order valence-corrected chi connectivity index (χ1v) is 6.52. The van der Waals surface area contributed by atoms with Gasteiger partial charge in [0.15, 0.2) is 0 Å². The van der Waals surface area contributed by atoms with Gasteiger partial charge in [-0.25, -0.2) is 0 Å². The quantitative estimate of drug-likeness (QED) is 0.816. The smallest absolute Gasteiger partial charge is 0.0991 e. The summed E-state index contributed by atoms with van der Waals surface area (Å²) < 4.78 is 5.21. The first kappa shape index (κ1) is 13.1. The van der Waals surface area contributed by atoms with E-state index in [-0.39, 0.29) is 0 Å². The molecule has 0 spiro atoms. The Bertz CT molecular complexity index is 399. The summed E-state index contributed by atoms with van der Waals surface area (Å²) in [6.07, 6.45) is 2.45. The maximum atomic E-state index is 8.76. The number of benzene rings is 1. The Morgan fingerprint density at radius 2 is 1.94 bits per heavy atom. The van der Waals surface area contributed by atoms with E-state index in [0.29, 0.717) is 0 Å². The van der Waals surface area contributed by atoms with Crippen LogP contribution in [0.5, 0.6) is 0 Å². The first-order chi connectivity index (χ1) is 8.81. The van der Waals surface area contributed by atoms with Crippen molar-refractivity contribution in [2.75, 3.05) is 26.8 Å². The summed E-state index contributed by atoms with van der Waals surface area (Å²) in [6, 6.07) is 10.1. The van der Waals surface area contributed by atoms with Gasteiger partial charge in [-0.15, -0.1) is 0 Å². The predicted molar refractivity (Wildman–Crippen MR) is 71.0 cm³/mol. The van der Waals surface area contributed by atoms with Gasteiger partial charge in [0, 0.05) is 20.3 Å². The summed E-state index contributed by atoms with van der Waals surface area (Å²) in [5, 5.41) is 8.76. The molecule has 1 aliphatic rings. The summed E-state index contributed by atoms with van der Waals surface area (Å²) in [6.45, 7) is 4.18. The van der Waals surface area contributed by atoms with Gasteiger partial charge in [-0.2, -0.15) is 5.26 Å². The van der Waals surface area contributed by atoms with E-state index < -0.39 is 0 Å². The lowest BCUT2D eigenvalue weighted by molar-refractivity contribution is 0.0968. The van der Waals surface area contributed by atoms with Crippen LogP contribution in [-0.4, -0.2) is 31.7 Å². The molecular formula is C15H20N2O. The number of likely N-dealkylation sites (tertiary alicyclic amines) is 1. The number of methoxy groups -OCH3 is 1. The van der Waals surface area contributed by atoms with Crippen molar-refractivity contribution < 1.29 is 4.74 Å². The van der Waals surface area contributed by atoms with Crippen molar-refractivity contribution >= 4 is 0 Å². The van der Waals surface area contributed by atoms with E-state index in [1.807, 2.05) is 12.1 Å². The van der Waals surface area contributed by atoms with Gasteiger partial charge in [0.1, 0.15) is 0 Å². The van der Waals surface area contributed by atoms with Gasteiger partial charge in [0.25, 0.3) is 0 Å². The number of ether oxygens (including phenoxy) is 1. The van der Waals surface area contributed by atoms with E-state index in [1.54, 1.807) is 7.11 Å². The highest BCUT2D eigenvalue weighted by atomic mass is 16.5. The predicted octanol–water partition coefficient (Wildman–Crippen LogP) is 2.42. The number of rotatable bonds is 4. The second-order valence-electron chi connectivity index (χ2n) is 4.98. The highest BCUT2D eigenvalue weighted by molar-refractivity contribution is 5.31. The molecular weight excluding hydrogens is 224 g/mol. The number of hydrogen-bond donors (Lipinski definition) is 0. The minimum atomic E-state index is 0.729. The number of nitrogens with zero attached hydrogens (tertiary/aromatic N) is 2. The zero-order chi connectivity index (χ0) is 12.8. The standard InChI is InChI=1S/C15H20N2O/c1-18-12-15-6-8-17(9-7-15)11-14-4-2-13(10-16)3-5-14/h2-5,15H,6-9,11-12H2,1H3. The molecule has 3 heteroatoms. The van der Waals surface area contributed by atoms with E-state index in [9.17, 15) is 0 Å². The lowest BCUT2D eigenvalue weighted by Gasteiger charge is -2.31. The zero-order valence-electron chi connectivity index (χ0n) is 10.9. The molecule has 1 aromatic rings. The summed E-state index contributed by atoms with van der Waals surface area (Å²) >= 11 is 0. The Morgan fingerprint density at radius 1 is 1.28 bits per heavy atom. The van der Waals surface area contributed by atoms with Crippen LogP contribution in [0.4, 0.5) is 0 Å². The van der Waals surface area contributed by atoms with Gasteiger partial charge in [-0.1, -0.05) is 12.1 Å². The van der Waals surface area contributed by atoms with Crippen LogP contribution in [0.1, 0.15) is 24.0 Å². The second-order valence-corrected chi connectivity index (χ2v) is 4.98. The average molecular weight is 244 g/mol. The van der Waals surface area contributed by atoms with Gasteiger partial charge >= 0.3 is 0 Å². The Balaban J connectivity index is 1.82. The van der Waals surface area contributed by atoms with Crippen LogP contribution in [-0.2, 0) is 11.3 Å². The number of nitriles is 1. The molecule has 0 aliphatic carbocycles. The average Bonchev–Trinajstić information content (AvgIpc) is 2.42. The molecule has 0 atom stereocenters. The lowest BCUT2D eigenvalue weighted by atomic mass is 9.97. The lowest BCUT2D eigenvalue weighted by Crippen LogP contribution is -2.34. The first-order valence-electron chi connectivity index (χ1n) is 6.52. The summed E-state index contributed by atoms with van der Waals surface area (Å²) in [7, 11) is 1.78. The summed E-state index contributed by atoms with van der Waals surface area (Å²) in [4.78, 5) is 2.48. The third-order valence-corrected chi connectivity index (χ3v) is 3.60. The molecule has 0 saturated carbocycles. The minimum absolute atomic E-state index is 0.729. The molecule has 0 N–H and O–H groups in total. The third-order valence-electron chi connectivity index (χ3n) is 3.60. The van der Waals surface area contributed by atoms with Gasteiger partial charge in [-0.3, -0.25) is 4.90 Å². The molecule has 18 heavy (non-hydrogen) atoms. The molecule has 1 aliphatic heterocycles. The van der Waals surface area contributed by atoms with E-state index in [1.165, 1.54) is 18.4 Å². The fraction of sp³-hybridized carbons (Fsp3) is 0.533. The van der Waals surface area contributed by atoms with Crippen molar-refractivity contribution in [3.05, 3.63) is 35.4 Å². The Hall–Kier alpha value is -1.37. The molecule has 96 valence electrons. The van der Waals surface area contributed by atoms with Crippen molar-refractivity contribution in [3.63, 3.8) is 0 Å². The van der Waals surface area contributed by atoms with Crippen LogP contribution >= 0.6 is 0 Å². The fourth-order valence-corrected chi connectivity index (χ4v) is 2.49. The maximum absolute atomic E-state index is 8.76. The third kappa shape index (κ3) is 3.56.